The predicted octanol–water partition coefficient (Wildman–Crippen LogP) is 0.795. The Bertz CT molecular complexity index is 391. The summed E-state index contributed by atoms with van der Waals surface area (Å²) in [7, 11) is 0. The molecule has 0 aromatic heterocycles. The molecule has 0 atom stereocenters. The zero-order valence-electron chi connectivity index (χ0n) is 10.9. The molecule has 0 fully saturated rings. The largest absolute Gasteiger partial charge is 0.464 e. The van der Waals surface area contributed by atoms with Crippen molar-refractivity contribution in [2.24, 2.45) is 0 Å². The van der Waals surface area contributed by atoms with Gasteiger partial charge in [-0.1, -0.05) is 0 Å². The van der Waals surface area contributed by atoms with Crippen LogP contribution in [0.1, 0.15) is 13.8 Å². The van der Waals surface area contributed by atoms with Gasteiger partial charge in [0.1, 0.15) is 0 Å². The summed E-state index contributed by atoms with van der Waals surface area (Å²) in [4.78, 5) is 33.6. The van der Waals surface area contributed by atoms with Crippen molar-refractivity contribution in [1.82, 2.24) is 5.32 Å². The van der Waals surface area contributed by atoms with E-state index in [9.17, 15) is 36.3 Å². The van der Waals surface area contributed by atoms with Gasteiger partial charge >= 0.3 is 29.9 Å². The lowest BCUT2D eigenvalue weighted by Crippen LogP contribution is -2.57. The highest BCUT2D eigenvalue weighted by atomic mass is 19.4. The Hall–Kier alpha value is -1.94. The van der Waals surface area contributed by atoms with E-state index < -0.39 is 36.0 Å². The average Bonchev–Trinajstić information content (AvgIpc) is 2.34. The Labute approximate surface area is 115 Å². The van der Waals surface area contributed by atoms with E-state index in [2.05, 4.69) is 9.47 Å². The van der Waals surface area contributed by atoms with Crippen LogP contribution < -0.4 is 5.32 Å². The Morgan fingerprint density at radius 1 is 0.952 bits per heavy atom. The van der Waals surface area contributed by atoms with Gasteiger partial charge < -0.3 is 14.8 Å². The Morgan fingerprint density at radius 2 is 1.33 bits per heavy atom. The van der Waals surface area contributed by atoms with E-state index in [4.69, 9.17) is 0 Å². The summed E-state index contributed by atoms with van der Waals surface area (Å²) in [6.07, 6.45) is -6.18. The fourth-order valence-electron chi connectivity index (χ4n) is 1.02. The van der Waals surface area contributed by atoms with E-state index in [1.165, 1.54) is 13.8 Å². The third kappa shape index (κ3) is 4.83. The van der Waals surface area contributed by atoms with Gasteiger partial charge in [-0.05, 0) is 13.8 Å². The number of ether oxygens (including phenoxy) is 2. The summed E-state index contributed by atoms with van der Waals surface area (Å²) in [5.41, 5.74) is 0. The van der Waals surface area contributed by atoms with Crippen LogP contribution in [-0.4, -0.2) is 49.2 Å². The van der Waals surface area contributed by atoms with E-state index in [-0.39, 0.29) is 13.2 Å². The maximum atomic E-state index is 12.7. The number of nitrogens with one attached hydrogen (secondary N) is 1. The quantitative estimate of drug-likeness (QED) is 0.444. The van der Waals surface area contributed by atoms with Crippen molar-refractivity contribution < 1.29 is 45.8 Å². The molecule has 122 valence electrons. The molecule has 0 saturated heterocycles. The summed E-state index contributed by atoms with van der Waals surface area (Å²) >= 11 is 0. The molecule has 1 N–H and O–H groups in total. The first-order chi connectivity index (χ1) is 9.48. The molecular formula is C10H12F5NO5. The normalized spacial score (nSPS) is 12.0. The Morgan fingerprint density at radius 3 is 1.62 bits per heavy atom. The second-order valence-electron chi connectivity index (χ2n) is 3.48. The molecule has 0 bridgehead atoms. The second kappa shape index (κ2) is 7.18. The third-order valence-electron chi connectivity index (χ3n) is 1.96. The van der Waals surface area contributed by atoms with Crippen molar-refractivity contribution in [2.75, 3.05) is 13.2 Å². The standard InChI is InChI=1S/C10H12F5NO5/c1-3-20-6(17)5(7(18)21-4-2)16-8(19)9(11,12)10(13,14)15/h5H,3-4H2,1-2H3,(H,16,19). The highest BCUT2D eigenvalue weighted by Crippen LogP contribution is 2.35. The SMILES string of the molecule is CCOC(=O)C(NC(=O)C(F)(F)C(F)(F)F)C(=O)OCC. The maximum absolute atomic E-state index is 12.7. The van der Waals surface area contributed by atoms with Crippen molar-refractivity contribution in [2.45, 2.75) is 32.0 Å². The van der Waals surface area contributed by atoms with Crippen molar-refractivity contribution >= 4 is 17.8 Å². The number of amides is 1. The van der Waals surface area contributed by atoms with E-state index in [1.807, 2.05) is 0 Å². The molecule has 1 amide bonds. The van der Waals surface area contributed by atoms with E-state index in [0.29, 0.717) is 0 Å². The van der Waals surface area contributed by atoms with Crippen LogP contribution in [0.3, 0.4) is 0 Å². The first-order valence-electron chi connectivity index (χ1n) is 5.57. The van der Waals surface area contributed by atoms with Crippen LogP contribution in [0.25, 0.3) is 0 Å². The molecule has 0 saturated carbocycles. The molecular weight excluding hydrogens is 309 g/mol. The fourth-order valence-corrected chi connectivity index (χ4v) is 1.02. The molecule has 0 radical (unpaired) electrons. The first-order valence-corrected chi connectivity index (χ1v) is 5.57. The minimum atomic E-state index is -6.18. The van der Waals surface area contributed by atoms with Crippen LogP contribution in [0.15, 0.2) is 0 Å². The number of esters is 2. The summed E-state index contributed by atoms with van der Waals surface area (Å²) in [5, 5.41) is 0.975. The molecule has 11 heteroatoms. The molecule has 0 rings (SSSR count). The van der Waals surface area contributed by atoms with Crippen molar-refractivity contribution in [3.8, 4) is 0 Å². The van der Waals surface area contributed by atoms with Crippen molar-refractivity contribution in [3.05, 3.63) is 0 Å². The van der Waals surface area contributed by atoms with Gasteiger partial charge in [-0.25, -0.2) is 9.59 Å². The van der Waals surface area contributed by atoms with E-state index in [0.717, 1.165) is 5.32 Å². The predicted molar refractivity (Wildman–Crippen MR) is 56.2 cm³/mol. The van der Waals surface area contributed by atoms with Crippen LogP contribution in [0.4, 0.5) is 22.0 Å². The van der Waals surface area contributed by atoms with Crippen LogP contribution in [0.2, 0.25) is 0 Å². The molecule has 6 nitrogen and oxygen atoms in total. The minimum absolute atomic E-state index is 0.291. The Kier molecular flexibility index (Phi) is 6.52. The molecule has 0 aliphatic heterocycles. The maximum Gasteiger partial charge on any atom is 0.463 e. The summed E-state index contributed by atoms with van der Waals surface area (Å²) in [6, 6.07) is -2.41. The molecule has 0 aromatic rings. The van der Waals surface area contributed by atoms with Gasteiger partial charge in [-0.2, -0.15) is 22.0 Å². The molecule has 0 spiro atoms. The smallest absolute Gasteiger partial charge is 0.463 e. The topological polar surface area (TPSA) is 81.7 Å². The van der Waals surface area contributed by atoms with Gasteiger partial charge in [-0.15, -0.1) is 0 Å². The number of halogens is 5. The first kappa shape index (κ1) is 19.1. The van der Waals surface area contributed by atoms with Gasteiger partial charge in [-0.3, -0.25) is 4.79 Å². The molecule has 0 aliphatic carbocycles. The number of hydrogen-bond acceptors (Lipinski definition) is 5. The second-order valence-corrected chi connectivity index (χ2v) is 3.48. The molecule has 0 unspecified atom stereocenters. The lowest BCUT2D eigenvalue weighted by atomic mass is 10.2. The molecule has 21 heavy (non-hydrogen) atoms. The van der Waals surface area contributed by atoms with Gasteiger partial charge in [0.05, 0.1) is 13.2 Å². The van der Waals surface area contributed by atoms with Gasteiger partial charge in [0, 0.05) is 0 Å². The van der Waals surface area contributed by atoms with E-state index in [1.54, 1.807) is 0 Å². The van der Waals surface area contributed by atoms with Gasteiger partial charge in [0.2, 0.25) is 6.04 Å². The number of carbonyl (C=O) groups is 3. The van der Waals surface area contributed by atoms with Crippen LogP contribution in [0.5, 0.6) is 0 Å². The summed E-state index contributed by atoms with van der Waals surface area (Å²) in [6.45, 7) is 2.01. The lowest BCUT2D eigenvalue weighted by Gasteiger charge is -2.21. The molecule has 0 aliphatic rings. The fraction of sp³-hybridized carbons (Fsp3) is 0.700. The summed E-state index contributed by atoms with van der Waals surface area (Å²) in [5.74, 6) is -11.7. The number of hydrogen-bond donors (Lipinski definition) is 1. The molecule has 0 aromatic carbocycles. The molecule has 0 heterocycles. The monoisotopic (exact) mass is 321 g/mol. The number of carbonyl (C=O) groups excluding carboxylic acids is 3. The van der Waals surface area contributed by atoms with Crippen molar-refractivity contribution in [3.63, 3.8) is 0 Å². The van der Waals surface area contributed by atoms with E-state index >= 15 is 0 Å². The van der Waals surface area contributed by atoms with Crippen LogP contribution >= 0.6 is 0 Å². The third-order valence-corrected chi connectivity index (χ3v) is 1.96. The van der Waals surface area contributed by atoms with Gasteiger partial charge in [0.15, 0.2) is 0 Å². The lowest BCUT2D eigenvalue weighted by molar-refractivity contribution is -0.270. The average molecular weight is 321 g/mol. The number of alkyl halides is 5. The zero-order valence-corrected chi connectivity index (χ0v) is 10.9. The zero-order chi connectivity index (χ0) is 16.8. The summed E-state index contributed by atoms with van der Waals surface area (Å²) < 4.78 is 70.0. The highest BCUT2D eigenvalue weighted by molar-refractivity contribution is 6.03. The van der Waals surface area contributed by atoms with Crippen molar-refractivity contribution in [1.29, 1.82) is 0 Å². The highest BCUT2D eigenvalue weighted by Gasteiger charge is 2.64. The Balaban J connectivity index is 5.18. The van der Waals surface area contributed by atoms with Crippen LogP contribution in [0, 0.1) is 0 Å². The number of rotatable bonds is 6. The van der Waals surface area contributed by atoms with Gasteiger partial charge in [0.25, 0.3) is 0 Å². The van der Waals surface area contributed by atoms with Crippen LogP contribution in [-0.2, 0) is 23.9 Å². The minimum Gasteiger partial charge on any atom is -0.464 e.